The highest BCUT2D eigenvalue weighted by molar-refractivity contribution is 5.77. The number of aromatic nitrogens is 3. The van der Waals surface area contributed by atoms with Crippen molar-refractivity contribution in [3.63, 3.8) is 0 Å². The number of nitrogens with zero attached hydrogens (tertiary/aromatic N) is 5. The highest BCUT2D eigenvalue weighted by Crippen LogP contribution is 2.29. The maximum atomic E-state index is 12.7. The summed E-state index contributed by atoms with van der Waals surface area (Å²) < 4.78 is 1.92. The Morgan fingerprint density at radius 2 is 1.82 bits per heavy atom. The molecule has 1 saturated heterocycles. The number of amides is 1. The lowest BCUT2D eigenvalue weighted by atomic mass is 9.86. The van der Waals surface area contributed by atoms with Crippen molar-refractivity contribution in [3.8, 4) is 5.82 Å². The second kappa shape index (κ2) is 8.33. The van der Waals surface area contributed by atoms with E-state index in [0.717, 1.165) is 49.8 Å². The third-order valence-electron chi connectivity index (χ3n) is 6.26. The number of hydrogen-bond acceptors (Lipinski definition) is 4. The molecule has 0 bridgehead atoms. The minimum Gasteiger partial charge on any atom is -0.365 e. The molecule has 1 amide bonds. The summed E-state index contributed by atoms with van der Waals surface area (Å²) >= 11 is 0. The number of hydrogen-bond donors (Lipinski definition) is 0. The molecule has 2 aromatic rings. The molecule has 0 radical (unpaired) electrons. The van der Waals surface area contributed by atoms with E-state index in [1.165, 1.54) is 37.8 Å². The molecule has 0 spiro atoms. The van der Waals surface area contributed by atoms with Crippen molar-refractivity contribution in [2.45, 2.75) is 52.4 Å². The van der Waals surface area contributed by atoms with Crippen molar-refractivity contribution in [3.05, 3.63) is 35.8 Å². The van der Waals surface area contributed by atoms with Crippen molar-refractivity contribution in [1.29, 1.82) is 0 Å². The van der Waals surface area contributed by atoms with Gasteiger partial charge in [-0.15, -0.1) is 0 Å². The van der Waals surface area contributed by atoms with Gasteiger partial charge in [0.25, 0.3) is 0 Å². The van der Waals surface area contributed by atoms with Crippen molar-refractivity contribution in [2.24, 2.45) is 5.92 Å². The first-order valence-corrected chi connectivity index (χ1v) is 10.6. The molecule has 2 fully saturated rings. The van der Waals surface area contributed by atoms with Gasteiger partial charge in [0, 0.05) is 38.8 Å². The largest absolute Gasteiger partial charge is 0.365 e. The van der Waals surface area contributed by atoms with Gasteiger partial charge in [-0.05, 0) is 44.7 Å². The monoisotopic (exact) mass is 381 g/mol. The normalized spacial score (nSPS) is 18.5. The summed E-state index contributed by atoms with van der Waals surface area (Å²) in [6, 6.07) is 5.87. The molecule has 1 aliphatic carbocycles. The van der Waals surface area contributed by atoms with E-state index in [9.17, 15) is 4.79 Å². The Balaban J connectivity index is 1.40. The van der Waals surface area contributed by atoms with Gasteiger partial charge in [0.1, 0.15) is 0 Å². The Morgan fingerprint density at radius 1 is 1.07 bits per heavy atom. The van der Waals surface area contributed by atoms with Crippen LogP contribution in [0.25, 0.3) is 5.82 Å². The topological polar surface area (TPSA) is 54.3 Å². The molecule has 0 unspecified atom stereocenters. The van der Waals surface area contributed by atoms with Crippen LogP contribution in [-0.2, 0) is 4.79 Å². The fourth-order valence-electron chi connectivity index (χ4n) is 4.74. The number of pyridine rings is 1. The zero-order chi connectivity index (χ0) is 19.5. The van der Waals surface area contributed by atoms with Gasteiger partial charge in [0.2, 0.25) is 5.91 Å². The standard InChI is InChI=1S/C22H31N5O/c1-17-22(18(2)27(24-17)20-10-6-7-11-23-20)26-14-12-25(13-15-26)21(28)16-19-8-4-3-5-9-19/h6-7,10-11,19H,3-5,8-9,12-16H2,1-2H3. The number of carbonyl (C=O) groups is 1. The average Bonchev–Trinajstić information content (AvgIpc) is 3.03. The summed E-state index contributed by atoms with van der Waals surface area (Å²) in [5.41, 5.74) is 3.31. The maximum Gasteiger partial charge on any atom is 0.222 e. The van der Waals surface area contributed by atoms with E-state index in [-0.39, 0.29) is 0 Å². The number of piperazine rings is 1. The molecular formula is C22H31N5O. The minimum absolute atomic E-state index is 0.351. The van der Waals surface area contributed by atoms with E-state index < -0.39 is 0 Å². The van der Waals surface area contributed by atoms with Gasteiger partial charge in [-0.2, -0.15) is 5.10 Å². The molecule has 6 heteroatoms. The van der Waals surface area contributed by atoms with Crippen molar-refractivity contribution < 1.29 is 4.79 Å². The van der Waals surface area contributed by atoms with Crippen LogP contribution in [-0.4, -0.2) is 51.8 Å². The Hall–Kier alpha value is -2.37. The fourth-order valence-corrected chi connectivity index (χ4v) is 4.74. The van der Waals surface area contributed by atoms with Gasteiger partial charge in [0.15, 0.2) is 5.82 Å². The highest BCUT2D eigenvalue weighted by atomic mass is 16.2. The summed E-state index contributed by atoms with van der Waals surface area (Å²) in [6.07, 6.45) is 8.94. The van der Waals surface area contributed by atoms with Gasteiger partial charge in [-0.3, -0.25) is 4.79 Å². The van der Waals surface area contributed by atoms with Crippen molar-refractivity contribution >= 4 is 11.6 Å². The van der Waals surface area contributed by atoms with E-state index in [1.807, 2.05) is 22.9 Å². The average molecular weight is 382 g/mol. The first-order chi connectivity index (χ1) is 13.6. The smallest absolute Gasteiger partial charge is 0.222 e. The van der Waals surface area contributed by atoms with E-state index >= 15 is 0 Å². The Kier molecular flexibility index (Phi) is 5.64. The van der Waals surface area contributed by atoms with Crippen molar-refractivity contribution in [2.75, 3.05) is 31.1 Å². The number of aryl methyl sites for hydroxylation is 1. The highest BCUT2D eigenvalue weighted by Gasteiger charge is 2.27. The van der Waals surface area contributed by atoms with Gasteiger partial charge < -0.3 is 9.80 Å². The molecule has 1 saturated carbocycles. The predicted molar refractivity (Wildman–Crippen MR) is 111 cm³/mol. The van der Waals surface area contributed by atoms with Crippen LogP contribution in [0.4, 0.5) is 5.69 Å². The van der Waals surface area contributed by atoms with Crippen LogP contribution < -0.4 is 4.90 Å². The summed E-state index contributed by atoms with van der Waals surface area (Å²) in [4.78, 5) is 21.6. The van der Waals surface area contributed by atoms with Crippen molar-refractivity contribution in [1.82, 2.24) is 19.7 Å². The Labute approximate surface area is 167 Å². The van der Waals surface area contributed by atoms with E-state index in [4.69, 9.17) is 5.10 Å². The van der Waals surface area contributed by atoms with Gasteiger partial charge in [0.05, 0.1) is 17.1 Å². The van der Waals surface area contributed by atoms with Gasteiger partial charge >= 0.3 is 0 Å². The van der Waals surface area contributed by atoms with E-state index in [2.05, 4.69) is 28.6 Å². The molecule has 28 heavy (non-hydrogen) atoms. The van der Waals surface area contributed by atoms with Crippen LogP contribution in [0.15, 0.2) is 24.4 Å². The molecule has 6 nitrogen and oxygen atoms in total. The molecular weight excluding hydrogens is 350 g/mol. The first kappa shape index (κ1) is 19.0. The third-order valence-corrected chi connectivity index (χ3v) is 6.26. The second-order valence-electron chi connectivity index (χ2n) is 8.20. The van der Waals surface area contributed by atoms with E-state index in [0.29, 0.717) is 11.8 Å². The van der Waals surface area contributed by atoms with Crippen LogP contribution in [0.3, 0.4) is 0 Å². The lowest BCUT2D eigenvalue weighted by Crippen LogP contribution is -2.49. The van der Waals surface area contributed by atoms with Crippen LogP contribution in [0.5, 0.6) is 0 Å². The van der Waals surface area contributed by atoms with Crippen LogP contribution in [0, 0.1) is 19.8 Å². The Bertz CT molecular complexity index is 802. The first-order valence-electron chi connectivity index (χ1n) is 10.6. The summed E-state index contributed by atoms with van der Waals surface area (Å²) in [5.74, 6) is 1.81. The molecule has 0 N–H and O–H groups in total. The predicted octanol–water partition coefficient (Wildman–Crippen LogP) is 3.50. The molecule has 0 aromatic carbocycles. The van der Waals surface area contributed by atoms with Gasteiger partial charge in [-0.1, -0.05) is 25.3 Å². The number of anilines is 1. The molecule has 3 heterocycles. The molecule has 150 valence electrons. The van der Waals surface area contributed by atoms with Crippen LogP contribution in [0.1, 0.15) is 49.9 Å². The summed E-state index contributed by atoms with van der Waals surface area (Å²) in [5, 5.41) is 4.72. The van der Waals surface area contributed by atoms with Crippen LogP contribution >= 0.6 is 0 Å². The zero-order valence-corrected chi connectivity index (χ0v) is 17.1. The molecule has 1 aliphatic heterocycles. The van der Waals surface area contributed by atoms with E-state index in [1.54, 1.807) is 6.20 Å². The van der Waals surface area contributed by atoms with Gasteiger partial charge in [-0.25, -0.2) is 9.67 Å². The molecule has 4 rings (SSSR count). The third kappa shape index (κ3) is 3.91. The lowest BCUT2D eigenvalue weighted by molar-refractivity contribution is -0.132. The number of carbonyl (C=O) groups excluding carboxylic acids is 1. The quantitative estimate of drug-likeness (QED) is 0.813. The van der Waals surface area contributed by atoms with Crippen LogP contribution in [0.2, 0.25) is 0 Å². The molecule has 2 aromatic heterocycles. The second-order valence-corrected chi connectivity index (χ2v) is 8.20. The Morgan fingerprint density at radius 3 is 2.50 bits per heavy atom. The summed E-state index contributed by atoms with van der Waals surface area (Å²) in [6.45, 7) is 7.50. The zero-order valence-electron chi connectivity index (χ0n) is 17.1. The molecule has 0 atom stereocenters. The minimum atomic E-state index is 0.351. The molecule has 2 aliphatic rings. The SMILES string of the molecule is Cc1nn(-c2ccccn2)c(C)c1N1CCN(C(=O)CC2CCCCC2)CC1. The number of rotatable bonds is 4. The lowest BCUT2D eigenvalue weighted by Gasteiger charge is -2.37. The maximum absolute atomic E-state index is 12.7. The fraction of sp³-hybridized carbons (Fsp3) is 0.591. The summed E-state index contributed by atoms with van der Waals surface area (Å²) in [7, 11) is 0.